The van der Waals surface area contributed by atoms with E-state index in [-0.39, 0.29) is 0 Å². The first-order valence-corrected chi connectivity index (χ1v) is 6.38. The van der Waals surface area contributed by atoms with Gasteiger partial charge < -0.3 is 0 Å². The molecule has 4 rings (SSSR count). The van der Waals surface area contributed by atoms with Crippen molar-refractivity contribution in [1.29, 1.82) is 0 Å². The second kappa shape index (κ2) is 2.88. The zero-order valence-electron chi connectivity index (χ0n) is 9.45. The van der Waals surface area contributed by atoms with E-state index in [2.05, 4.69) is 42.5 Å². The highest BCUT2D eigenvalue weighted by molar-refractivity contribution is 5.87. The Balaban J connectivity index is 1.98. The standard InChI is InChI=1S/C16H16/c1-2-8-14-12(5-1)6-3-9-15(14)16-10-4-7-13(16)11-16/h1-3,5-6,8-9,13H,4,7,10-11H2/t13?,16-/m0/s1. The minimum atomic E-state index is 0.584. The summed E-state index contributed by atoms with van der Waals surface area (Å²) >= 11 is 0. The molecular weight excluding hydrogens is 192 g/mol. The molecule has 0 nitrogen and oxygen atoms in total. The highest BCUT2D eigenvalue weighted by atomic mass is 14.6. The van der Waals surface area contributed by atoms with Crippen LogP contribution in [0.15, 0.2) is 42.5 Å². The Bertz CT molecular complexity index is 549. The molecule has 2 aromatic carbocycles. The van der Waals surface area contributed by atoms with Crippen molar-refractivity contribution in [3.63, 3.8) is 0 Å². The van der Waals surface area contributed by atoms with Crippen molar-refractivity contribution in [2.24, 2.45) is 5.92 Å². The van der Waals surface area contributed by atoms with Gasteiger partial charge in [-0.05, 0) is 46.9 Å². The molecule has 16 heavy (non-hydrogen) atoms. The van der Waals surface area contributed by atoms with Gasteiger partial charge in [0.1, 0.15) is 0 Å². The van der Waals surface area contributed by atoms with Gasteiger partial charge in [0, 0.05) is 0 Å². The van der Waals surface area contributed by atoms with Crippen LogP contribution in [0.4, 0.5) is 0 Å². The molecule has 1 unspecified atom stereocenters. The molecule has 0 aromatic heterocycles. The summed E-state index contributed by atoms with van der Waals surface area (Å²) < 4.78 is 0. The molecular formula is C16H16. The Morgan fingerprint density at radius 1 is 1.00 bits per heavy atom. The van der Waals surface area contributed by atoms with Crippen molar-refractivity contribution in [2.75, 3.05) is 0 Å². The van der Waals surface area contributed by atoms with Crippen molar-refractivity contribution < 1.29 is 0 Å². The van der Waals surface area contributed by atoms with E-state index in [0.717, 1.165) is 5.92 Å². The predicted octanol–water partition coefficient (Wildman–Crippen LogP) is 4.28. The SMILES string of the molecule is c1ccc2c([C@]34CCCC3C4)cccc2c1. The molecule has 0 heterocycles. The molecule has 2 aliphatic carbocycles. The Morgan fingerprint density at radius 3 is 2.69 bits per heavy atom. The van der Waals surface area contributed by atoms with Crippen LogP contribution in [0, 0.1) is 5.92 Å². The van der Waals surface area contributed by atoms with Crippen LogP contribution in [-0.4, -0.2) is 0 Å². The first-order chi connectivity index (χ1) is 7.90. The van der Waals surface area contributed by atoms with Crippen LogP contribution >= 0.6 is 0 Å². The van der Waals surface area contributed by atoms with Crippen LogP contribution in [0.1, 0.15) is 31.2 Å². The smallest absolute Gasteiger partial charge is 0.000934 e. The van der Waals surface area contributed by atoms with Crippen LogP contribution in [0.2, 0.25) is 0 Å². The number of benzene rings is 2. The molecule has 0 N–H and O–H groups in total. The first kappa shape index (κ1) is 8.81. The normalized spacial score (nSPS) is 31.6. The summed E-state index contributed by atoms with van der Waals surface area (Å²) in [5, 5.41) is 2.90. The number of rotatable bonds is 1. The van der Waals surface area contributed by atoms with Crippen molar-refractivity contribution in [3.8, 4) is 0 Å². The molecule has 0 bridgehead atoms. The Hall–Kier alpha value is -1.30. The van der Waals surface area contributed by atoms with E-state index < -0.39 is 0 Å². The molecule has 2 aromatic rings. The highest BCUT2D eigenvalue weighted by Crippen LogP contribution is 2.65. The van der Waals surface area contributed by atoms with Gasteiger partial charge in [-0.15, -0.1) is 0 Å². The maximum absolute atomic E-state index is 2.37. The molecule has 0 aliphatic heterocycles. The fourth-order valence-corrected chi connectivity index (χ4v) is 3.85. The van der Waals surface area contributed by atoms with Gasteiger partial charge in [-0.25, -0.2) is 0 Å². The summed E-state index contributed by atoms with van der Waals surface area (Å²) in [7, 11) is 0. The average Bonchev–Trinajstić information content (AvgIpc) is 2.91. The van der Waals surface area contributed by atoms with Gasteiger partial charge >= 0.3 is 0 Å². The van der Waals surface area contributed by atoms with Crippen LogP contribution in [0.25, 0.3) is 10.8 Å². The van der Waals surface area contributed by atoms with Crippen molar-refractivity contribution in [1.82, 2.24) is 0 Å². The van der Waals surface area contributed by atoms with Gasteiger partial charge in [0.2, 0.25) is 0 Å². The Kier molecular flexibility index (Phi) is 1.59. The van der Waals surface area contributed by atoms with Gasteiger partial charge in [0.05, 0.1) is 0 Å². The third-order valence-electron chi connectivity index (χ3n) is 4.73. The maximum Gasteiger partial charge on any atom is -0.000934 e. The molecule has 2 aliphatic rings. The highest BCUT2D eigenvalue weighted by Gasteiger charge is 2.57. The fraction of sp³-hybridized carbons (Fsp3) is 0.375. The average molecular weight is 208 g/mol. The summed E-state index contributed by atoms with van der Waals surface area (Å²) in [5.74, 6) is 0.998. The third kappa shape index (κ3) is 1.000. The van der Waals surface area contributed by atoms with E-state index >= 15 is 0 Å². The molecule has 2 atom stereocenters. The number of hydrogen-bond donors (Lipinski definition) is 0. The molecule has 0 amide bonds. The summed E-state index contributed by atoms with van der Waals surface area (Å²) in [6, 6.07) is 15.7. The zero-order chi connectivity index (χ0) is 10.6. The lowest BCUT2D eigenvalue weighted by Crippen LogP contribution is -2.05. The maximum atomic E-state index is 2.37. The lowest BCUT2D eigenvalue weighted by atomic mass is 9.89. The van der Waals surface area contributed by atoms with E-state index in [1.54, 1.807) is 5.56 Å². The summed E-state index contributed by atoms with van der Waals surface area (Å²) in [6.07, 6.45) is 5.77. The van der Waals surface area contributed by atoms with Crippen LogP contribution in [0.3, 0.4) is 0 Å². The summed E-state index contributed by atoms with van der Waals surface area (Å²) in [4.78, 5) is 0. The number of fused-ring (bicyclic) bond motifs is 2. The predicted molar refractivity (Wildman–Crippen MR) is 67.6 cm³/mol. The van der Waals surface area contributed by atoms with E-state index in [1.165, 1.54) is 36.5 Å². The van der Waals surface area contributed by atoms with E-state index in [4.69, 9.17) is 0 Å². The summed E-state index contributed by atoms with van der Waals surface area (Å²) in [6.45, 7) is 0. The van der Waals surface area contributed by atoms with Gasteiger partial charge in [0.25, 0.3) is 0 Å². The molecule has 2 fully saturated rings. The lowest BCUT2D eigenvalue weighted by Gasteiger charge is -2.15. The van der Waals surface area contributed by atoms with Gasteiger partial charge in [-0.1, -0.05) is 48.9 Å². The van der Waals surface area contributed by atoms with E-state index in [0.29, 0.717) is 5.41 Å². The van der Waals surface area contributed by atoms with E-state index in [1.807, 2.05) is 0 Å². The van der Waals surface area contributed by atoms with Gasteiger partial charge in [0.15, 0.2) is 0 Å². The third-order valence-corrected chi connectivity index (χ3v) is 4.73. The molecule has 2 saturated carbocycles. The van der Waals surface area contributed by atoms with Gasteiger partial charge in [-0.2, -0.15) is 0 Å². The minimum absolute atomic E-state index is 0.584. The first-order valence-electron chi connectivity index (χ1n) is 6.38. The molecule has 0 radical (unpaired) electrons. The molecule has 0 heteroatoms. The van der Waals surface area contributed by atoms with Crippen LogP contribution in [-0.2, 0) is 5.41 Å². The molecule has 0 saturated heterocycles. The number of hydrogen-bond acceptors (Lipinski definition) is 0. The van der Waals surface area contributed by atoms with Crippen molar-refractivity contribution >= 4 is 10.8 Å². The molecule has 0 spiro atoms. The van der Waals surface area contributed by atoms with Crippen molar-refractivity contribution in [3.05, 3.63) is 48.0 Å². The minimum Gasteiger partial charge on any atom is -0.0616 e. The quantitative estimate of drug-likeness (QED) is 0.656. The second-order valence-corrected chi connectivity index (χ2v) is 5.48. The second-order valence-electron chi connectivity index (χ2n) is 5.48. The van der Waals surface area contributed by atoms with Crippen LogP contribution < -0.4 is 0 Å². The molecule has 80 valence electrons. The Morgan fingerprint density at radius 2 is 1.88 bits per heavy atom. The largest absolute Gasteiger partial charge is 0.0616 e. The Labute approximate surface area is 96.3 Å². The topological polar surface area (TPSA) is 0 Å². The lowest BCUT2D eigenvalue weighted by molar-refractivity contribution is 0.662. The van der Waals surface area contributed by atoms with E-state index in [9.17, 15) is 0 Å². The van der Waals surface area contributed by atoms with Crippen molar-refractivity contribution in [2.45, 2.75) is 31.1 Å². The fourth-order valence-electron chi connectivity index (χ4n) is 3.85. The van der Waals surface area contributed by atoms with Crippen LogP contribution in [0.5, 0.6) is 0 Å². The summed E-state index contributed by atoms with van der Waals surface area (Å²) in [5.41, 5.74) is 2.22. The van der Waals surface area contributed by atoms with Gasteiger partial charge in [-0.3, -0.25) is 0 Å². The monoisotopic (exact) mass is 208 g/mol. The zero-order valence-corrected chi connectivity index (χ0v) is 9.45.